The Bertz CT molecular complexity index is 1300. The van der Waals surface area contributed by atoms with E-state index in [1.54, 1.807) is 48.5 Å². The standard InChI is InChI=1S/C25H19BrIN3O5/c1-2-34-21-8-6-19(7-9-21)29-25(31)18(14-28)10-17-12-22(26)24(23(27)13-17)35-15-16-4-3-5-20(11-16)30(32)33/h3-13H,2,15H2,1H3,(H,29,31)/b18-10-. The Morgan fingerprint density at radius 1 is 1.20 bits per heavy atom. The van der Waals surface area contributed by atoms with Gasteiger partial charge >= 0.3 is 0 Å². The SMILES string of the molecule is CCOc1ccc(NC(=O)/C(C#N)=C\c2cc(Br)c(OCc3cccc([N+](=O)[O-])c3)c(I)c2)cc1. The quantitative estimate of drug-likeness (QED) is 0.0934. The maximum atomic E-state index is 12.6. The first-order chi connectivity index (χ1) is 16.8. The van der Waals surface area contributed by atoms with Crippen molar-refractivity contribution in [2.24, 2.45) is 0 Å². The van der Waals surface area contributed by atoms with Gasteiger partial charge in [0.05, 0.1) is 19.6 Å². The minimum atomic E-state index is -0.534. The van der Waals surface area contributed by atoms with Crippen molar-refractivity contribution < 1.29 is 19.2 Å². The molecule has 0 heterocycles. The third-order valence-electron chi connectivity index (χ3n) is 4.62. The molecule has 0 aliphatic heterocycles. The number of nitro benzene ring substituents is 1. The van der Waals surface area contributed by atoms with Gasteiger partial charge in [-0.25, -0.2) is 0 Å². The van der Waals surface area contributed by atoms with Crippen molar-refractivity contribution in [3.05, 3.63) is 95.5 Å². The number of hydrogen-bond donors (Lipinski definition) is 1. The number of hydrogen-bond acceptors (Lipinski definition) is 6. The van der Waals surface area contributed by atoms with Crippen LogP contribution in [0.3, 0.4) is 0 Å². The molecule has 0 radical (unpaired) electrons. The molecule has 0 aromatic heterocycles. The lowest BCUT2D eigenvalue weighted by molar-refractivity contribution is -0.384. The second-order valence-corrected chi connectivity index (χ2v) is 9.13. The van der Waals surface area contributed by atoms with Crippen molar-refractivity contribution >= 4 is 61.9 Å². The fourth-order valence-electron chi connectivity index (χ4n) is 3.03. The first-order valence-electron chi connectivity index (χ1n) is 10.3. The number of amides is 1. The number of carbonyl (C=O) groups excluding carboxylic acids is 1. The Labute approximate surface area is 224 Å². The minimum Gasteiger partial charge on any atom is -0.494 e. The second kappa shape index (κ2) is 12.3. The zero-order chi connectivity index (χ0) is 25.4. The molecule has 8 nitrogen and oxygen atoms in total. The molecule has 1 N–H and O–H groups in total. The summed E-state index contributed by atoms with van der Waals surface area (Å²) in [6.45, 7) is 2.56. The van der Waals surface area contributed by atoms with Gasteiger partial charge in [0.1, 0.15) is 29.7 Å². The number of non-ortho nitro benzene ring substituents is 1. The number of halogens is 2. The van der Waals surface area contributed by atoms with Gasteiger partial charge in [-0.05, 0) is 99.0 Å². The monoisotopic (exact) mass is 647 g/mol. The number of nitriles is 1. The molecular formula is C25H19BrIN3O5. The summed E-state index contributed by atoms with van der Waals surface area (Å²) in [5.41, 5.74) is 1.76. The predicted octanol–water partition coefficient (Wildman–Crippen LogP) is 6.49. The van der Waals surface area contributed by atoms with Crippen molar-refractivity contribution in [2.45, 2.75) is 13.5 Å². The first-order valence-corrected chi connectivity index (χ1v) is 12.2. The summed E-state index contributed by atoms with van der Waals surface area (Å²) in [5, 5.41) is 23.2. The number of nitro groups is 1. The lowest BCUT2D eigenvalue weighted by atomic mass is 10.1. The van der Waals surface area contributed by atoms with Crippen LogP contribution in [0.4, 0.5) is 11.4 Å². The fourth-order valence-corrected chi connectivity index (χ4v) is 4.80. The average Bonchev–Trinajstić information content (AvgIpc) is 2.83. The van der Waals surface area contributed by atoms with Gasteiger partial charge in [-0.3, -0.25) is 14.9 Å². The third-order valence-corrected chi connectivity index (χ3v) is 6.01. The van der Waals surface area contributed by atoms with Crippen LogP contribution in [0.2, 0.25) is 0 Å². The number of anilines is 1. The number of rotatable bonds is 9. The topological polar surface area (TPSA) is 114 Å². The Hall–Kier alpha value is -3.43. The number of nitrogens with zero attached hydrogens (tertiary/aromatic N) is 2. The maximum absolute atomic E-state index is 12.6. The van der Waals surface area contributed by atoms with Gasteiger partial charge in [-0.1, -0.05) is 12.1 Å². The van der Waals surface area contributed by atoms with E-state index < -0.39 is 10.8 Å². The predicted molar refractivity (Wildman–Crippen MR) is 144 cm³/mol. The molecule has 0 aliphatic carbocycles. The lowest BCUT2D eigenvalue weighted by Gasteiger charge is -2.12. The summed E-state index contributed by atoms with van der Waals surface area (Å²) >= 11 is 5.56. The molecule has 0 atom stereocenters. The molecule has 0 aliphatic rings. The van der Waals surface area contributed by atoms with E-state index in [0.717, 1.165) is 3.57 Å². The van der Waals surface area contributed by atoms with E-state index >= 15 is 0 Å². The van der Waals surface area contributed by atoms with Crippen molar-refractivity contribution in [2.75, 3.05) is 11.9 Å². The number of carbonyl (C=O) groups is 1. The normalized spacial score (nSPS) is 10.9. The average molecular weight is 648 g/mol. The Morgan fingerprint density at radius 2 is 1.94 bits per heavy atom. The van der Waals surface area contributed by atoms with E-state index in [0.29, 0.717) is 39.4 Å². The highest BCUT2D eigenvalue weighted by Crippen LogP contribution is 2.33. The van der Waals surface area contributed by atoms with Gasteiger partial charge < -0.3 is 14.8 Å². The molecule has 178 valence electrons. The second-order valence-electron chi connectivity index (χ2n) is 7.11. The Morgan fingerprint density at radius 3 is 2.57 bits per heavy atom. The molecule has 35 heavy (non-hydrogen) atoms. The molecule has 3 rings (SSSR count). The highest BCUT2D eigenvalue weighted by Gasteiger charge is 2.14. The third kappa shape index (κ3) is 7.27. The summed E-state index contributed by atoms with van der Waals surface area (Å²) in [6, 6.07) is 18.5. The van der Waals surface area contributed by atoms with Gasteiger partial charge in [0.2, 0.25) is 0 Å². The molecule has 0 saturated carbocycles. The van der Waals surface area contributed by atoms with E-state index in [-0.39, 0.29) is 17.9 Å². The van der Waals surface area contributed by atoms with E-state index in [9.17, 15) is 20.2 Å². The molecular weight excluding hydrogens is 629 g/mol. The first kappa shape index (κ1) is 26.2. The summed E-state index contributed by atoms with van der Waals surface area (Å²) in [6.07, 6.45) is 1.49. The summed E-state index contributed by atoms with van der Waals surface area (Å²) in [7, 11) is 0. The van der Waals surface area contributed by atoms with Crippen LogP contribution in [0.25, 0.3) is 6.08 Å². The van der Waals surface area contributed by atoms with Gasteiger partial charge in [0.15, 0.2) is 0 Å². The van der Waals surface area contributed by atoms with Gasteiger partial charge in [-0.2, -0.15) is 5.26 Å². The van der Waals surface area contributed by atoms with Crippen LogP contribution in [-0.2, 0) is 11.4 Å². The summed E-state index contributed by atoms with van der Waals surface area (Å²) < 4.78 is 12.6. The Kier molecular flexibility index (Phi) is 9.22. The molecule has 0 fully saturated rings. The van der Waals surface area contributed by atoms with Gasteiger partial charge in [0.25, 0.3) is 11.6 Å². The molecule has 3 aromatic rings. The van der Waals surface area contributed by atoms with Crippen molar-refractivity contribution in [1.82, 2.24) is 0 Å². The molecule has 1 amide bonds. The molecule has 10 heteroatoms. The van der Waals surface area contributed by atoms with Crippen molar-refractivity contribution in [3.63, 3.8) is 0 Å². The number of benzene rings is 3. The largest absolute Gasteiger partial charge is 0.494 e. The number of ether oxygens (including phenoxy) is 2. The molecule has 0 bridgehead atoms. The summed E-state index contributed by atoms with van der Waals surface area (Å²) in [5.74, 6) is 0.703. The van der Waals surface area contributed by atoms with Gasteiger partial charge in [-0.15, -0.1) is 0 Å². The van der Waals surface area contributed by atoms with Crippen LogP contribution >= 0.6 is 38.5 Å². The fraction of sp³-hybridized carbons (Fsp3) is 0.120. The molecule has 0 saturated heterocycles. The van der Waals surface area contributed by atoms with E-state index in [4.69, 9.17) is 9.47 Å². The zero-order valence-corrected chi connectivity index (χ0v) is 22.2. The number of nitrogens with one attached hydrogen (secondary N) is 1. The molecule has 3 aromatic carbocycles. The van der Waals surface area contributed by atoms with Gasteiger partial charge in [0, 0.05) is 17.8 Å². The van der Waals surface area contributed by atoms with Crippen LogP contribution < -0.4 is 14.8 Å². The minimum absolute atomic E-state index is 0.00658. The van der Waals surface area contributed by atoms with E-state index in [1.807, 2.05) is 13.0 Å². The van der Waals surface area contributed by atoms with Crippen LogP contribution in [-0.4, -0.2) is 17.4 Å². The van der Waals surface area contributed by atoms with Crippen LogP contribution in [0.15, 0.2) is 70.7 Å². The lowest BCUT2D eigenvalue weighted by Crippen LogP contribution is -2.13. The highest BCUT2D eigenvalue weighted by atomic mass is 127. The van der Waals surface area contributed by atoms with Crippen LogP contribution in [0.5, 0.6) is 11.5 Å². The van der Waals surface area contributed by atoms with Crippen molar-refractivity contribution in [3.8, 4) is 17.6 Å². The Balaban J connectivity index is 1.73. The highest BCUT2D eigenvalue weighted by molar-refractivity contribution is 14.1. The maximum Gasteiger partial charge on any atom is 0.269 e. The van der Waals surface area contributed by atoms with Crippen molar-refractivity contribution in [1.29, 1.82) is 5.26 Å². The van der Waals surface area contributed by atoms with Crippen LogP contribution in [0.1, 0.15) is 18.1 Å². The van der Waals surface area contributed by atoms with Crippen LogP contribution in [0, 0.1) is 25.0 Å². The molecule has 0 spiro atoms. The zero-order valence-electron chi connectivity index (χ0n) is 18.5. The summed E-state index contributed by atoms with van der Waals surface area (Å²) in [4.78, 5) is 23.1. The van der Waals surface area contributed by atoms with E-state index in [2.05, 4.69) is 43.8 Å². The van der Waals surface area contributed by atoms with E-state index in [1.165, 1.54) is 18.2 Å². The molecule has 0 unspecified atom stereocenters. The smallest absolute Gasteiger partial charge is 0.269 e.